The molecule has 142 valence electrons. The van der Waals surface area contributed by atoms with Gasteiger partial charge in [-0.1, -0.05) is 43.3 Å². The zero-order valence-corrected chi connectivity index (χ0v) is 14.9. The lowest BCUT2D eigenvalue weighted by molar-refractivity contribution is -0.147. The van der Waals surface area contributed by atoms with Crippen molar-refractivity contribution in [2.24, 2.45) is 0 Å². The normalized spacial score (nSPS) is 11.3. The molecule has 0 aliphatic rings. The molecule has 0 aromatic heterocycles. The fraction of sp³-hybridized carbons (Fsp3) is 0.250. The highest BCUT2D eigenvalue weighted by atomic mass is 19.1. The van der Waals surface area contributed by atoms with Crippen molar-refractivity contribution in [1.29, 1.82) is 0 Å². The third-order valence-corrected chi connectivity index (χ3v) is 3.82. The van der Waals surface area contributed by atoms with E-state index in [4.69, 9.17) is 4.74 Å². The van der Waals surface area contributed by atoms with Crippen LogP contribution in [0.2, 0.25) is 0 Å². The van der Waals surface area contributed by atoms with Gasteiger partial charge in [0.1, 0.15) is 12.4 Å². The molecular weight excluding hydrogens is 351 g/mol. The minimum absolute atomic E-state index is 0.0930. The summed E-state index contributed by atoms with van der Waals surface area (Å²) in [5.41, 5.74) is 1.19. The molecule has 2 aromatic carbocycles. The number of rotatable bonds is 8. The van der Waals surface area contributed by atoms with E-state index in [1.165, 1.54) is 18.2 Å². The summed E-state index contributed by atoms with van der Waals surface area (Å²) in [5, 5.41) is 5.00. The van der Waals surface area contributed by atoms with E-state index >= 15 is 0 Å². The Hall–Kier alpha value is -3.22. The second-order valence-corrected chi connectivity index (χ2v) is 5.97. The highest BCUT2D eigenvalue weighted by Crippen LogP contribution is 2.12. The van der Waals surface area contributed by atoms with E-state index in [1.54, 1.807) is 0 Å². The van der Waals surface area contributed by atoms with Gasteiger partial charge in [-0.15, -0.1) is 0 Å². The molecule has 1 atom stereocenters. The first kappa shape index (κ1) is 20.1. The van der Waals surface area contributed by atoms with Gasteiger partial charge in [0, 0.05) is 12.1 Å². The third kappa shape index (κ3) is 6.89. The number of amides is 2. The Morgan fingerprint density at radius 2 is 1.78 bits per heavy atom. The molecular formula is C20H21FN2O4. The van der Waals surface area contributed by atoms with Crippen LogP contribution in [0.4, 0.5) is 4.39 Å². The second kappa shape index (κ2) is 10.1. The largest absolute Gasteiger partial charge is 0.454 e. The molecule has 0 saturated carbocycles. The Labute approximate surface area is 156 Å². The molecule has 6 nitrogen and oxygen atoms in total. The van der Waals surface area contributed by atoms with Gasteiger partial charge in [0.2, 0.25) is 0 Å². The molecule has 0 unspecified atom stereocenters. The van der Waals surface area contributed by atoms with Crippen molar-refractivity contribution in [3.05, 3.63) is 71.5 Å². The molecule has 0 spiro atoms. The Morgan fingerprint density at radius 3 is 2.48 bits per heavy atom. The molecule has 2 rings (SSSR count). The number of carbonyl (C=O) groups excluding carboxylic acids is 3. The van der Waals surface area contributed by atoms with Gasteiger partial charge in [-0.2, -0.15) is 0 Å². The second-order valence-electron chi connectivity index (χ2n) is 5.97. The summed E-state index contributed by atoms with van der Waals surface area (Å²) in [5.74, 6) is -2.22. The Balaban J connectivity index is 1.66. The summed E-state index contributed by atoms with van der Waals surface area (Å²) in [4.78, 5) is 35.2. The Kier molecular flexibility index (Phi) is 7.49. The number of esters is 1. The van der Waals surface area contributed by atoms with Crippen molar-refractivity contribution in [2.75, 3.05) is 19.7 Å². The highest BCUT2D eigenvalue weighted by Gasteiger charge is 2.12. The fourth-order valence-electron chi connectivity index (χ4n) is 2.30. The molecule has 7 heteroatoms. The average molecular weight is 372 g/mol. The van der Waals surface area contributed by atoms with Gasteiger partial charge in [0.15, 0.2) is 6.61 Å². The number of nitrogens with one attached hydrogen (secondary N) is 2. The van der Waals surface area contributed by atoms with E-state index in [1.807, 2.05) is 37.3 Å². The number of ether oxygens (including phenoxy) is 1. The summed E-state index contributed by atoms with van der Waals surface area (Å²) in [6, 6.07) is 14.8. The summed E-state index contributed by atoms with van der Waals surface area (Å²) in [6.45, 7) is 1.54. The van der Waals surface area contributed by atoms with Crippen molar-refractivity contribution < 1.29 is 23.5 Å². The fourth-order valence-corrected chi connectivity index (χ4v) is 2.30. The molecule has 0 bridgehead atoms. The van der Waals surface area contributed by atoms with Crippen LogP contribution in [0.3, 0.4) is 0 Å². The summed E-state index contributed by atoms with van der Waals surface area (Å²) >= 11 is 0. The van der Waals surface area contributed by atoms with Crippen LogP contribution in [0.15, 0.2) is 54.6 Å². The van der Waals surface area contributed by atoms with Crippen LogP contribution in [0.25, 0.3) is 0 Å². The molecule has 0 aliphatic heterocycles. The lowest BCUT2D eigenvalue weighted by atomic mass is 10.0. The number of benzene rings is 2. The molecule has 0 aliphatic carbocycles. The molecule has 2 N–H and O–H groups in total. The first-order valence-corrected chi connectivity index (χ1v) is 8.46. The maximum atomic E-state index is 13.1. The van der Waals surface area contributed by atoms with E-state index in [9.17, 15) is 18.8 Å². The number of hydrogen-bond donors (Lipinski definition) is 2. The lowest BCUT2D eigenvalue weighted by Gasteiger charge is -2.13. The molecule has 0 heterocycles. The zero-order chi connectivity index (χ0) is 19.6. The van der Waals surface area contributed by atoms with Crippen LogP contribution >= 0.6 is 0 Å². The topological polar surface area (TPSA) is 84.5 Å². The van der Waals surface area contributed by atoms with Gasteiger partial charge in [0.25, 0.3) is 11.8 Å². The first-order valence-electron chi connectivity index (χ1n) is 8.46. The number of hydrogen-bond acceptors (Lipinski definition) is 4. The zero-order valence-electron chi connectivity index (χ0n) is 14.9. The van der Waals surface area contributed by atoms with Crippen LogP contribution in [-0.4, -0.2) is 37.5 Å². The van der Waals surface area contributed by atoms with Crippen molar-refractivity contribution >= 4 is 17.8 Å². The molecule has 2 aromatic rings. The maximum absolute atomic E-state index is 13.1. The molecule has 0 saturated heterocycles. The average Bonchev–Trinajstić information content (AvgIpc) is 2.69. The van der Waals surface area contributed by atoms with E-state index in [-0.39, 0.29) is 11.5 Å². The minimum atomic E-state index is -0.758. The summed E-state index contributed by atoms with van der Waals surface area (Å²) < 4.78 is 17.9. The van der Waals surface area contributed by atoms with Gasteiger partial charge < -0.3 is 15.4 Å². The monoisotopic (exact) mass is 372 g/mol. The lowest BCUT2D eigenvalue weighted by Crippen LogP contribution is -2.35. The van der Waals surface area contributed by atoms with Gasteiger partial charge in [-0.25, -0.2) is 4.39 Å². The molecule has 0 radical (unpaired) electrons. The molecule has 2 amide bonds. The first-order chi connectivity index (χ1) is 13.0. The summed E-state index contributed by atoms with van der Waals surface area (Å²) in [6.07, 6.45) is 0. The van der Waals surface area contributed by atoms with Crippen LogP contribution in [-0.2, 0) is 14.3 Å². The smallest absolute Gasteiger partial charge is 0.325 e. The van der Waals surface area contributed by atoms with Crippen molar-refractivity contribution in [3.63, 3.8) is 0 Å². The Morgan fingerprint density at radius 1 is 1.04 bits per heavy atom. The molecule has 0 fully saturated rings. The van der Waals surface area contributed by atoms with Gasteiger partial charge in [-0.3, -0.25) is 14.4 Å². The molecule has 27 heavy (non-hydrogen) atoms. The highest BCUT2D eigenvalue weighted by molar-refractivity contribution is 5.96. The van der Waals surface area contributed by atoms with Crippen molar-refractivity contribution in [3.8, 4) is 0 Å². The van der Waals surface area contributed by atoms with Crippen molar-refractivity contribution in [1.82, 2.24) is 10.6 Å². The van der Waals surface area contributed by atoms with Crippen LogP contribution < -0.4 is 10.6 Å². The number of halogens is 1. The standard InChI is InChI=1S/C20H21FN2O4/c1-14(15-6-3-2-4-7-15)11-22-18(24)13-27-19(25)12-23-20(26)16-8-5-9-17(21)10-16/h2-10,14H,11-13H2,1H3,(H,22,24)(H,23,26)/t14-/m0/s1. The van der Waals surface area contributed by atoms with Gasteiger partial charge in [0.05, 0.1) is 0 Å². The SMILES string of the molecule is C[C@@H](CNC(=O)COC(=O)CNC(=O)c1cccc(F)c1)c1ccccc1. The van der Waals surface area contributed by atoms with E-state index < -0.39 is 36.8 Å². The van der Waals surface area contributed by atoms with Gasteiger partial charge >= 0.3 is 5.97 Å². The third-order valence-electron chi connectivity index (χ3n) is 3.82. The van der Waals surface area contributed by atoms with Crippen LogP contribution in [0.5, 0.6) is 0 Å². The van der Waals surface area contributed by atoms with E-state index in [0.29, 0.717) is 6.54 Å². The van der Waals surface area contributed by atoms with E-state index in [0.717, 1.165) is 11.6 Å². The van der Waals surface area contributed by atoms with Crippen LogP contribution in [0, 0.1) is 5.82 Å². The Bertz CT molecular complexity index is 796. The van der Waals surface area contributed by atoms with E-state index in [2.05, 4.69) is 10.6 Å². The van der Waals surface area contributed by atoms with Crippen molar-refractivity contribution in [2.45, 2.75) is 12.8 Å². The summed E-state index contributed by atoms with van der Waals surface area (Å²) in [7, 11) is 0. The minimum Gasteiger partial charge on any atom is -0.454 e. The number of carbonyl (C=O) groups is 3. The quantitative estimate of drug-likeness (QED) is 0.695. The maximum Gasteiger partial charge on any atom is 0.325 e. The predicted molar refractivity (Wildman–Crippen MR) is 97.6 cm³/mol. The predicted octanol–water partition coefficient (Wildman–Crippen LogP) is 2.02. The van der Waals surface area contributed by atoms with Gasteiger partial charge in [-0.05, 0) is 29.7 Å². The van der Waals surface area contributed by atoms with Crippen LogP contribution in [0.1, 0.15) is 28.8 Å².